The summed E-state index contributed by atoms with van der Waals surface area (Å²) in [5, 5.41) is 21.6. The van der Waals surface area contributed by atoms with Gasteiger partial charge in [-0.15, -0.1) is 11.8 Å². The lowest BCUT2D eigenvalue weighted by Crippen LogP contribution is -2.19. The van der Waals surface area contributed by atoms with Crippen LogP contribution in [0, 0.1) is 0 Å². The van der Waals surface area contributed by atoms with Crippen LogP contribution in [0.4, 0.5) is 0 Å². The number of benzene rings is 2. The van der Waals surface area contributed by atoms with Crippen LogP contribution < -0.4 is 0 Å². The molecule has 4 nitrogen and oxygen atoms in total. The van der Waals surface area contributed by atoms with E-state index in [0.29, 0.717) is 25.6 Å². The van der Waals surface area contributed by atoms with Gasteiger partial charge in [-0.1, -0.05) is 24.3 Å². The number of hydrogen-bond acceptors (Lipinski definition) is 5. The van der Waals surface area contributed by atoms with Crippen molar-refractivity contribution >= 4 is 22.5 Å². The minimum atomic E-state index is -0.528. The molecule has 114 valence electrons. The summed E-state index contributed by atoms with van der Waals surface area (Å²) in [5.41, 5.74) is 0. The maximum Gasteiger partial charge on any atom is 0.123 e. The zero-order chi connectivity index (χ0) is 15.1. The molecule has 0 fully saturated rings. The van der Waals surface area contributed by atoms with Gasteiger partial charge in [-0.2, -0.15) is 0 Å². The van der Waals surface area contributed by atoms with Crippen LogP contribution in [0.15, 0.2) is 41.3 Å². The van der Waals surface area contributed by atoms with Crippen molar-refractivity contribution in [2.45, 2.75) is 11.0 Å². The van der Waals surface area contributed by atoms with E-state index >= 15 is 0 Å². The largest absolute Gasteiger partial charge is 0.507 e. The molecule has 2 aromatic carbocycles. The van der Waals surface area contributed by atoms with Crippen molar-refractivity contribution < 1.29 is 19.7 Å². The summed E-state index contributed by atoms with van der Waals surface area (Å²) in [6.07, 6.45) is -0.528. The van der Waals surface area contributed by atoms with Gasteiger partial charge in [0, 0.05) is 23.1 Å². The number of aliphatic hydroxyl groups excluding tert-OH is 1. The average Bonchev–Trinajstić information content (AvgIpc) is 2.51. The Kier molecular flexibility index (Phi) is 6.32. The lowest BCUT2D eigenvalue weighted by molar-refractivity contribution is 0.0218. The molecule has 0 bridgehead atoms. The molecule has 0 radical (unpaired) electrons. The van der Waals surface area contributed by atoms with E-state index in [9.17, 15) is 10.2 Å². The minimum absolute atomic E-state index is 0.276. The normalized spacial score (nSPS) is 12.7. The molecule has 1 unspecified atom stereocenters. The highest BCUT2D eigenvalue weighted by Crippen LogP contribution is 2.33. The topological polar surface area (TPSA) is 58.9 Å². The zero-order valence-electron chi connectivity index (χ0n) is 12.0. The van der Waals surface area contributed by atoms with Crippen LogP contribution >= 0.6 is 11.8 Å². The van der Waals surface area contributed by atoms with Crippen LogP contribution in [-0.2, 0) is 9.47 Å². The standard InChI is InChI=1S/C16H20O4S/c1-19-8-9-20-10-12(17)11-21-16-7-6-15(18)13-4-2-3-5-14(13)16/h2-7,12,17-18H,8-11H2,1H3. The monoisotopic (exact) mass is 308 g/mol. The number of thioether (sulfide) groups is 1. The van der Waals surface area contributed by atoms with E-state index in [2.05, 4.69) is 0 Å². The Balaban J connectivity index is 1.93. The number of ether oxygens (including phenoxy) is 2. The first-order valence-corrected chi connectivity index (χ1v) is 7.79. The Hall–Kier alpha value is -1.27. The van der Waals surface area contributed by atoms with Crippen molar-refractivity contribution in [3.8, 4) is 5.75 Å². The molecule has 0 aliphatic heterocycles. The van der Waals surface area contributed by atoms with Gasteiger partial charge in [-0.3, -0.25) is 0 Å². The highest BCUT2D eigenvalue weighted by Gasteiger charge is 2.09. The first kappa shape index (κ1) is 16.1. The maximum absolute atomic E-state index is 9.90. The molecular formula is C16H20O4S. The number of fused-ring (bicyclic) bond motifs is 1. The molecule has 0 aliphatic rings. The fourth-order valence-electron chi connectivity index (χ4n) is 1.98. The molecule has 0 saturated heterocycles. The van der Waals surface area contributed by atoms with Gasteiger partial charge in [0.1, 0.15) is 5.75 Å². The molecular weight excluding hydrogens is 288 g/mol. The molecule has 21 heavy (non-hydrogen) atoms. The summed E-state index contributed by atoms with van der Waals surface area (Å²) in [4.78, 5) is 1.04. The van der Waals surface area contributed by atoms with Crippen LogP contribution in [0.3, 0.4) is 0 Å². The van der Waals surface area contributed by atoms with Crippen molar-refractivity contribution in [3.05, 3.63) is 36.4 Å². The lowest BCUT2D eigenvalue weighted by atomic mass is 10.1. The number of methoxy groups -OCH3 is 1. The molecule has 2 aromatic rings. The summed E-state index contributed by atoms with van der Waals surface area (Å²) >= 11 is 1.56. The van der Waals surface area contributed by atoms with Crippen molar-refractivity contribution in [1.82, 2.24) is 0 Å². The zero-order valence-corrected chi connectivity index (χ0v) is 12.8. The van der Waals surface area contributed by atoms with E-state index in [-0.39, 0.29) is 5.75 Å². The first-order chi connectivity index (χ1) is 10.2. The van der Waals surface area contributed by atoms with Gasteiger partial charge < -0.3 is 19.7 Å². The number of aliphatic hydroxyl groups is 1. The van der Waals surface area contributed by atoms with Gasteiger partial charge in [0.25, 0.3) is 0 Å². The van der Waals surface area contributed by atoms with E-state index in [4.69, 9.17) is 9.47 Å². The Morgan fingerprint density at radius 2 is 1.86 bits per heavy atom. The highest BCUT2D eigenvalue weighted by molar-refractivity contribution is 7.99. The van der Waals surface area contributed by atoms with Crippen molar-refractivity contribution in [2.75, 3.05) is 32.7 Å². The molecule has 1 atom stereocenters. The molecule has 0 saturated carbocycles. The van der Waals surface area contributed by atoms with Gasteiger partial charge in [0.05, 0.1) is 25.9 Å². The average molecular weight is 308 g/mol. The van der Waals surface area contributed by atoms with Crippen molar-refractivity contribution in [2.24, 2.45) is 0 Å². The second kappa shape index (κ2) is 8.24. The highest BCUT2D eigenvalue weighted by atomic mass is 32.2. The number of rotatable bonds is 8. The van der Waals surface area contributed by atoms with Crippen molar-refractivity contribution in [3.63, 3.8) is 0 Å². The third-order valence-corrected chi connectivity index (χ3v) is 4.25. The quantitative estimate of drug-likeness (QED) is 0.580. The number of hydrogen-bond donors (Lipinski definition) is 2. The van der Waals surface area contributed by atoms with E-state index in [1.165, 1.54) is 0 Å². The van der Waals surface area contributed by atoms with Gasteiger partial charge in [0.2, 0.25) is 0 Å². The third-order valence-electron chi connectivity index (χ3n) is 3.03. The van der Waals surface area contributed by atoms with Gasteiger partial charge in [0.15, 0.2) is 0 Å². The molecule has 0 amide bonds. The van der Waals surface area contributed by atoms with Crippen molar-refractivity contribution in [1.29, 1.82) is 0 Å². The Morgan fingerprint density at radius 1 is 1.10 bits per heavy atom. The van der Waals surface area contributed by atoms with Gasteiger partial charge in [-0.25, -0.2) is 0 Å². The van der Waals surface area contributed by atoms with Gasteiger partial charge in [-0.05, 0) is 17.5 Å². The second-order valence-electron chi connectivity index (χ2n) is 4.66. The molecule has 0 aromatic heterocycles. The summed E-state index contributed by atoms with van der Waals surface area (Å²) in [7, 11) is 1.62. The summed E-state index contributed by atoms with van der Waals surface area (Å²) in [5.74, 6) is 0.820. The summed E-state index contributed by atoms with van der Waals surface area (Å²) in [6.45, 7) is 1.31. The number of aromatic hydroxyl groups is 1. The minimum Gasteiger partial charge on any atom is -0.507 e. The van der Waals surface area contributed by atoms with Crippen LogP contribution in [0.2, 0.25) is 0 Å². The van der Waals surface area contributed by atoms with E-state index in [0.717, 1.165) is 15.7 Å². The van der Waals surface area contributed by atoms with Crippen LogP contribution in [0.5, 0.6) is 5.75 Å². The molecule has 5 heteroatoms. The third kappa shape index (κ3) is 4.61. The van der Waals surface area contributed by atoms with Crippen LogP contribution in [-0.4, -0.2) is 49.0 Å². The predicted octanol–water partition coefficient (Wildman–Crippen LogP) is 2.66. The van der Waals surface area contributed by atoms with Crippen LogP contribution in [0.25, 0.3) is 10.8 Å². The van der Waals surface area contributed by atoms with E-state index in [1.807, 2.05) is 30.3 Å². The summed E-state index contributed by atoms with van der Waals surface area (Å²) in [6, 6.07) is 11.3. The van der Waals surface area contributed by atoms with Gasteiger partial charge >= 0.3 is 0 Å². The Morgan fingerprint density at radius 3 is 2.62 bits per heavy atom. The predicted molar refractivity (Wildman–Crippen MR) is 85.0 cm³/mol. The lowest BCUT2D eigenvalue weighted by Gasteiger charge is -2.12. The smallest absolute Gasteiger partial charge is 0.123 e. The Labute approximate surface area is 128 Å². The number of phenolic OH excluding ortho intramolecular Hbond substituents is 1. The molecule has 0 spiro atoms. The van der Waals surface area contributed by atoms with E-state index < -0.39 is 6.10 Å². The molecule has 0 heterocycles. The molecule has 2 rings (SSSR count). The molecule has 0 aliphatic carbocycles. The first-order valence-electron chi connectivity index (χ1n) is 6.80. The fraction of sp³-hybridized carbons (Fsp3) is 0.375. The molecule has 2 N–H and O–H groups in total. The second-order valence-corrected chi connectivity index (χ2v) is 5.72. The summed E-state index contributed by atoms with van der Waals surface area (Å²) < 4.78 is 10.2. The number of phenols is 1. The Bertz CT molecular complexity index is 573. The fourth-order valence-corrected chi connectivity index (χ4v) is 2.94. The SMILES string of the molecule is COCCOCC(O)CSc1ccc(O)c2ccccc12. The van der Waals surface area contributed by atoms with E-state index in [1.54, 1.807) is 24.9 Å². The van der Waals surface area contributed by atoms with Crippen LogP contribution in [0.1, 0.15) is 0 Å². The maximum atomic E-state index is 9.90.